The molecule has 0 aliphatic carbocycles. The van der Waals surface area contributed by atoms with E-state index in [4.69, 9.17) is 4.42 Å². The van der Waals surface area contributed by atoms with Gasteiger partial charge in [0.15, 0.2) is 0 Å². The van der Waals surface area contributed by atoms with Crippen LogP contribution in [0.2, 0.25) is 0 Å². The van der Waals surface area contributed by atoms with Crippen molar-refractivity contribution in [2.24, 2.45) is 5.92 Å². The second kappa shape index (κ2) is 8.14. The molecule has 2 saturated heterocycles. The standard InChI is InChI=1S/C18H29N3O3/c1-15(22)16-4-6-19(7-5-16)14-18(23)21-10-8-20(9-11-21)13-17-3-2-12-24-17/h2-3,12,15-16,22H,4-11,13-14H2,1H3. The van der Waals surface area contributed by atoms with Crippen molar-refractivity contribution < 1.29 is 14.3 Å². The molecule has 6 nitrogen and oxygen atoms in total. The summed E-state index contributed by atoms with van der Waals surface area (Å²) in [7, 11) is 0. The average Bonchev–Trinajstić information content (AvgIpc) is 3.09. The number of carbonyl (C=O) groups excluding carboxylic acids is 1. The number of piperazine rings is 1. The van der Waals surface area contributed by atoms with Gasteiger partial charge in [-0.25, -0.2) is 0 Å². The fourth-order valence-electron chi connectivity index (χ4n) is 3.66. The highest BCUT2D eigenvalue weighted by molar-refractivity contribution is 5.78. The number of aliphatic hydroxyl groups excluding tert-OH is 1. The Hall–Kier alpha value is -1.37. The van der Waals surface area contributed by atoms with E-state index in [9.17, 15) is 9.90 Å². The maximum absolute atomic E-state index is 12.5. The maximum Gasteiger partial charge on any atom is 0.236 e. The SMILES string of the molecule is CC(O)C1CCN(CC(=O)N2CCN(Cc3ccco3)CC2)CC1. The molecule has 1 aromatic rings. The molecule has 0 aromatic carbocycles. The van der Waals surface area contributed by atoms with Gasteiger partial charge < -0.3 is 14.4 Å². The number of hydrogen-bond donors (Lipinski definition) is 1. The second-order valence-electron chi connectivity index (χ2n) is 7.09. The molecule has 6 heteroatoms. The van der Waals surface area contributed by atoms with Crippen molar-refractivity contribution in [3.63, 3.8) is 0 Å². The van der Waals surface area contributed by atoms with Crippen molar-refractivity contribution >= 4 is 5.91 Å². The van der Waals surface area contributed by atoms with Crippen LogP contribution in [0.5, 0.6) is 0 Å². The molecule has 0 spiro atoms. The molecule has 134 valence electrons. The zero-order valence-electron chi connectivity index (χ0n) is 14.6. The molecule has 1 atom stereocenters. The predicted molar refractivity (Wildman–Crippen MR) is 91.4 cm³/mol. The summed E-state index contributed by atoms with van der Waals surface area (Å²) in [5.41, 5.74) is 0. The third kappa shape index (κ3) is 4.59. The van der Waals surface area contributed by atoms with Crippen LogP contribution >= 0.6 is 0 Å². The molecular weight excluding hydrogens is 306 g/mol. The van der Waals surface area contributed by atoms with Crippen LogP contribution in [0.25, 0.3) is 0 Å². The minimum atomic E-state index is -0.231. The van der Waals surface area contributed by atoms with E-state index in [0.29, 0.717) is 12.5 Å². The van der Waals surface area contributed by atoms with Crippen molar-refractivity contribution in [3.8, 4) is 0 Å². The Morgan fingerprint density at radius 2 is 1.92 bits per heavy atom. The number of rotatable bonds is 5. The van der Waals surface area contributed by atoms with E-state index in [1.807, 2.05) is 24.0 Å². The van der Waals surface area contributed by atoms with Crippen molar-refractivity contribution in [1.82, 2.24) is 14.7 Å². The third-order valence-electron chi connectivity index (χ3n) is 5.36. The Labute approximate surface area is 144 Å². The van der Waals surface area contributed by atoms with Crippen LogP contribution in [-0.2, 0) is 11.3 Å². The Morgan fingerprint density at radius 1 is 1.21 bits per heavy atom. The van der Waals surface area contributed by atoms with Crippen LogP contribution in [0.3, 0.4) is 0 Å². The average molecular weight is 335 g/mol. The third-order valence-corrected chi connectivity index (χ3v) is 5.36. The summed E-state index contributed by atoms with van der Waals surface area (Å²) in [6, 6.07) is 3.91. The van der Waals surface area contributed by atoms with E-state index in [0.717, 1.165) is 64.4 Å². The van der Waals surface area contributed by atoms with Crippen LogP contribution in [0.4, 0.5) is 0 Å². The van der Waals surface area contributed by atoms with E-state index in [1.165, 1.54) is 0 Å². The highest BCUT2D eigenvalue weighted by atomic mass is 16.3. The van der Waals surface area contributed by atoms with Gasteiger partial charge in [0.25, 0.3) is 0 Å². The number of likely N-dealkylation sites (tertiary alicyclic amines) is 1. The van der Waals surface area contributed by atoms with Gasteiger partial charge >= 0.3 is 0 Å². The van der Waals surface area contributed by atoms with E-state index < -0.39 is 0 Å². The maximum atomic E-state index is 12.5. The summed E-state index contributed by atoms with van der Waals surface area (Å²) in [6.07, 6.45) is 3.45. The molecule has 1 aromatic heterocycles. The second-order valence-corrected chi connectivity index (χ2v) is 7.09. The molecular formula is C18H29N3O3. The number of nitrogens with zero attached hydrogens (tertiary/aromatic N) is 3. The predicted octanol–water partition coefficient (Wildman–Crippen LogP) is 1.02. The van der Waals surface area contributed by atoms with Crippen molar-refractivity contribution in [2.45, 2.75) is 32.4 Å². The first kappa shape index (κ1) is 17.5. The van der Waals surface area contributed by atoms with Gasteiger partial charge in [0.1, 0.15) is 5.76 Å². The van der Waals surface area contributed by atoms with Gasteiger partial charge in [-0.1, -0.05) is 0 Å². The number of aliphatic hydroxyl groups is 1. The summed E-state index contributed by atoms with van der Waals surface area (Å²) in [6.45, 7) is 8.43. The molecule has 0 saturated carbocycles. The van der Waals surface area contributed by atoms with E-state index in [2.05, 4.69) is 9.80 Å². The number of carbonyl (C=O) groups is 1. The van der Waals surface area contributed by atoms with Crippen LogP contribution in [0.15, 0.2) is 22.8 Å². The van der Waals surface area contributed by atoms with E-state index >= 15 is 0 Å². The van der Waals surface area contributed by atoms with Gasteiger partial charge in [0, 0.05) is 26.2 Å². The zero-order chi connectivity index (χ0) is 16.9. The van der Waals surface area contributed by atoms with Gasteiger partial charge in [-0.2, -0.15) is 0 Å². The topological polar surface area (TPSA) is 60.2 Å². The molecule has 1 amide bonds. The Kier molecular flexibility index (Phi) is 5.92. The van der Waals surface area contributed by atoms with Gasteiger partial charge in [0.2, 0.25) is 5.91 Å². The highest BCUT2D eigenvalue weighted by Gasteiger charge is 2.26. The molecule has 3 heterocycles. The van der Waals surface area contributed by atoms with Crippen LogP contribution in [0.1, 0.15) is 25.5 Å². The van der Waals surface area contributed by atoms with Gasteiger partial charge in [-0.3, -0.25) is 14.6 Å². The summed E-state index contributed by atoms with van der Waals surface area (Å²) < 4.78 is 5.39. The first-order valence-electron chi connectivity index (χ1n) is 9.05. The Balaban J connectivity index is 1.38. The Morgan fingerprint density at radius 3 is 2.50 bits per heavy atom. The summed E-state index contributed by atoms with van der Waals surface area (Å²) in [5.74, 6) is 1.61. The lowest BCUT2D eigenvalue weighted by molar-refractivity contribution is -0.134. The number of furan rings is 1. The smallest absolute Gasteiger partial charge is 0.236 e. The van der Waals surface area contributed by atoms with Crippen molar-refractivity contribution in [2.75, 3.05) is 45.8 Å². The summed E-state index contributed by atoms with van der Waals surface area (Å²) in [5, 5.41) is 9.66. The zero-order valence-corrected chi connectivity index (χ0v) is 14.6. The fraction of sp³-hybridized carbons (Fsp3) is 0.722. The first-order valence-corrected chi connectivity index (χ1v) is 9.05. The molecule has 1 unspecified atom stereocenters. The van der Waals surface area contributed by atoms with Crippen LogP contribution in [0, 0.1) is 5.92 Å². The minimum Gasteiger partial charge on any atom is -0.468 e. The largest absolute Gasteiger partial charge is 0.468 e. The summed E-state index contributed by atoms with van der Waals surface area (Å²) >= 11 is 0. The Bertz CT molecular complexity index is 502. The fourth-order valence-corrected chi connectivity index (χ4v) is 3.66. The molecule has 2 aliphatic rings. The number of amides is 1. The van der Waals surface area contributed by atoms with E-state index in [-0.39, 0.29) is 12.0 Å². The number of hydrogen-bond acceptors (Lipinski definition) is 5. The molecule has 2 fully saturated rings. The van der Waals surface area contributed by atoms with Gasteiger partial charge in [-0.15, -0.1) is 0 Å². The monoisotopic (exact) mass is 335 g/mol. The first-order chi connectivity index (χ1) is 11.6. The minimum absolute atomic E-state index is 0.231. The normalized spacial score (nSPS) is 22.7. The van der Waals surface area contributed by atoms with E-state index in [1.54, 1.807) is 6.26 Å². The molecule has 3 rings (SSSR count). The van der Waals surface area contributed by atoms with Crippen molar-refractivity contribution in [3.05, 3.63) is 24.2 Å². The lowest BCUT2D eigenvalue weighted by atomic mass is 9.92. The molecule has 0 bridgehead atoms. The molecule has 1 N–H and O–H groups in total. The molecule has 24 heavy (non-hydrogen) atoms. The summed E-state index contributed by atoms with van der Waals surface area (Å²) in [4.78, 5) is 19.1. The van der Waals surface area contributed by atoms with Crippen LogP contribution in [-0.4, -0.2) is 77.6 Å². The molecule has 0 radical (unpaired) electrons. The number of piperidine rings is 1. The quantitative estimate of drug-likeness (QED) is 0.870. The lowest BCUT2D eigenvalue weighted by Gasteiger charge is -2.37. The van der Waals surface area contributed by atoms with Gasteiger partial charge in [0.05, 0.1) is 25.5 Å². The molecule has 2 aliphatic heterocycles. The van der Waals surface area contributed by atoms with Crippen molar-refractivity contribution in [1.29, 1.82) is 0 Å². The lowest BCUT2D eigenvalue weighted by Crippen LogP contribution is -2.51. The highest BCUT2D eigenvalue weighted by Crippen LogP contribution is 2.20. The van der Waals surface area contributed by atoms with Gasteiger partial charge in [-0.05, 0) is 50.9 Å². The van der Waals surface area contributed by atoms with Crippen LogP contribution < -0.4 is 0 Å².